The number of nitrogens with zero attached hydrogens (tertiary/aromatic N) is 3. The minimum Gasteiger partial charge on any atom is -0.395 e. The van der Waals surface area contributed by atoms with Crippen LogP contribution in [0.2, 0.25) is 0 Å². The van der Waals surface area contributed by atoms with Gasteiger partial charge in [-0.15, -0.1) is 0 Å². The van der Waals surface area contributed by atoms with Gasteiger partial charge in [-0.2, -0.15) is 0 Å². The Kier molecular flexibility index (Phi) is 4.20. The van der Waals surface area contributed by atoms with Crippen molar-refractivity contribution in [2.75, 3.05) is 24.6 Å². The number of aliphatic hydroxyl groups is 1. The number of hydrogen-bond acceptors (Lipinski definition) is 3. The van der Waals surface area contributed by atoms with Crippen molar-refractivity contribution in [1.29, 1.82) is 0 Å². The maximum atomic E-state index is 9.18. The van der Waals surface area contributed by atoms with E-state index in [1.807, 2.05) is 25.2 Å². The van der Waals surface area contributed by atoms with E-state index in [0.29, 0.717) is 6.54 Å². The number of anilines is 1. The van der Waals surface area contributed by atoms with E-state index in [-0.39, 0.29) is 6.61 Å². The Morgan fingerprint density at radius 3 is 2.72 bits per heavy atom. The molecule has 0 spiro atoms. The lowest BCUT2D eigenvalue weighted by Gasteiger charge is -2.22. The van der Waals surface area contributed by atoms with Crippen molar-refractivity contribution >= 4 is 17.0 Å². The Morgan fingerprint density at radius 1 is 1.28 bits per heavy atom. The molecule has 4 heteroatoms. The molecule has 98 valence electrons. The summed E-state index contributed by atoms with van der Waals surface area (Å²) in [4.78, 5) is 6.82. The van der Waals surface area contributed by atoms with E-state index in [2.05, 4.69) is 27.4 Å². The molecule has 0 saturated carbocycles. The fraction of sp³-hybridized carbons (Fsp3) is 0.500. The minimum atomic E-state index is 0.160. The molecule has 2 rings (SSSR count). The molecule has 1 N–H and O–H groups in total. The molecule has 0 amide bonds. The Morgan fingerprint density at radius 2 is 2.06 bits per heavy atom. The van der Waals surface area contributed by atoms with Crippen LogP contribution in [0.25, 0.3) is 11.0 Å². The standard InChI is InChI=1S/C14H21N3O/c1-3-4-9-17(10-11-18)14-15-12-7-5-6-8-13(12)16(14)2/h5-8,18H,3-4,9-11H2,1-2H3. The van der Waals surface area contributed by atoms with E-state index in [1.54, 1.807) is 0 Å². The normalized spacial score (nSPS) is 11.1. The smallest absolute Gasteiger partial charge is 0.206 e. The molecule has 4 nitrogen and oxygen atoms in total. The lowest BCUT2D eigenvalue weighted by atomic mass is 10.3. The zero-order valence-electron chi connectivity index (χ0n) is 11.1. The van der Waals surface area contributed by atoms with Gasteiger partial charge in [0.05, 0.1) is 17.6 Å². The quantitative estimate of drug-likeness (QED) is 0.850. The molecule has 0 aliphatic carbocycles. The van der Waals surface area contributed by atoms with Gasteiger partial charge in [-0.3, -0.25) is 0 Å². The highest BCUT2D eigenvalue weighted by molar-refractivity contribution is 5.78. The minimum absolute atomic E-state index is 0.160. The van der Waals surface area contributed by atoms with Gasteiger partial charge in [0.15, 0.2) is 0 Å². The van der Waals surface area contributed by atoms with E-state index in [1.165, 1.54) is 0 Å². The second-order valence-electron chi connectivity index (χ2n) is 4.52. The average Bonchev–Trinajstić information content (AvgIpc) is 2.73. The molecule has 2 aromatic rings. The highest BCUT2D eigenvalue weighted by Crippen LogP contribution is 2.21. The van der Waals surface area contributed by atoms with E-state index in [0.717, 1.165) is 36.4 Å². The fourth-order valence-corrected chi connectivity index (χ4v) is 2.20. The fourth-order valence-electron chi connectivity index (χ4n) is 2.20. The number of rotatable bonds is 6. The van der Waals surface area contributed by atoms with Gasteiger partial charge < -0.3 is 14.6 Å². The van der Waals surface area contributed by atoms with Crippen molar-refractivity contribution < 1.29 is 5.11 Å². The molecule has 0 radical (unpaired) electrons. The highest BCUT2D eigenvalue weighted by Gasteiger charge is 2.13. The molecule has 0 atom stereocenters. The van der Waals surface area contributed by atoms with Crippen molar-refractivity contribution in [2.45, 2.75) is 19.8 Å². The number of aliphatic hydroxyl groups excluding tert-OH is 1. The molecule has 18 heavy (non-hydrogen) atoms. The van der Waals surface area contributed by atoms with Gasteiger partial charge in [0.2, 0.25) is 5.95 Å². The summed E-state index contributed by atoms with van der Waals surface area (Å²) in [5.74, 6) is 0.943. The Labute approximate surface area is 108 Å². The van der Waals surface area contributed by atoms with Crippen LogP contribution in [-0.4, -0.2) is 34.4 Å². The number of fused-ring (bicyclic) bond motifs is 1. The Balaban J connectivity index is 2.34. The number of benzene rings is 1. The highest BCUT2D eigenvalue weighted by atomic mass is 16.3. The monoisotopic (exact) mass is 247 g/mol. The summed E-state index contributed by atoms with van der Waals surface area (Å²) >= 11 is 0. The molecule has 1 aromatic carbocycles. The third kappa shape index (κ3) is 2.48. The van der Waals surface area contributed by atoms with Gasteiger partial charge in [-0.1, -0.05) is 25.5 Å². The van der Waals surface area contributed by atoms with E-state index in [4.69, 9.17) is 0 Å². The lowest BCUT2D eigenvalue weighted by molar-refractivity contribution is 0.300. The van der Waals surface area contributed by atoms with Crippen molar-refractivity contribution in [3.8, 4) is 0 Å². The second-order valence-corrected chi connectivity index (χ2v) is 4.52. The molecule has 0 unspecified atom stereocenters. The summed E-state index contributed by atoms with van der Waals surface area (Å²) in [6.45, 7) is 3.91. The maximum absolute atomic E-state index is 9.18. The first-order chi connectivity index (χ1) is 8.77. The first-order valence-electron chi connectivity index (χ1n) is 6.55. The van der Waals surface area contributed by atoms with Crippen molar-refractivity contribution in [1.82, 2.24) is 9.55 Å². The number of unbranched alkanes of at least 4 members (excludes halogenated alkanes) is 1. The molecule has 0 aliphatic rings. The predicted molar refractivity (Wildman–Crippen MR) is 74.9 cm³/mol. The summed E-state index contributed by atoms with van der Waals surface area (Å²) in [6.07, 6.45) is 2.26. The number of imidazole rings is 1. The third-order valence-corrected chi connectivity index (χ3v) is 3.20. The van der Waals surface area contributed by atoms with Crippen LogP contribution in [0.15, 0.2) is 24.3 Å². The Bertz CT molecular complexity index is 507. The van der Waals surface area contributed by atoms with Crippen LogP contribution >= 0.6 is 0 Å². The predicted octanol–water partition coefficient (Wildman–Crippen LogP) is 2.17. The van der Waals surface area contributed by atoms with E-state index >= 15 is 0 Å². The molecule has 0 fully saturated rings. The first-order valence-corrected chi connectivity index (χ1v) is 6.55. The van der Waals surface area contributed by atoms with Crippen molar-refractivity contribution in [2.24, 2.45) is 7.05 Å². The molecule has 0 bridgehead atoms. The molecular weight excluding hydrogens is 226 g/mol. The van der Waals surface area contributed by atoms with E-state index < -0.39 is 0 Å². The summed E-state index contributed by atoms with van der Waals surface area (Å²) in [5, 5.41) is 9.18. The molecule has 0 saturated heterocycles. The summed E-state index contributed by atoms with van der Waals surface area (Å²) < 4.78 is 2.10. The molecular formula is C14H21N3O. The maximum Gasteiger partial charge on any atom is 0.206 e. The largest absolute Gasteiger partial charge is 0.395 e. The Hall–Kier alpha value is -1.55. The summed E-state index contributed by atoms with van der Waals surface area (Å²) in [7, 11) is 2.03. The van der Waals surface area contributed by atoms with Crippen molar-refractivity contribution in [3.63, 3.8) is 0 Å². The number of aryl methyl sites for hydroxylation is 1. The van der Waals surface area contributed by atoms with Gasteiger partial charge >= 0.3 is 0 Å². The van der Waals surface area contributed by atoms with Crippen LogP contribution in [0.3, 0.4) is 0 Å². The van der Waals surface area contributed by atoms with Crippen LogP contribution in [-0.2, 0) is 7.05 Å². The van der Waals surface area contributed by atoms with E-state index in [9.17, 15) is 5.11 Å². The van der Waals surface area contributed by atoms with Gasteiger partial charge in [-0.25, -0.2) is 4.98 Å². The summed E-state index contributed by atoms with van der Waals surface area (Å²) in [6, 6.07) is 8.12. The number of hydrogen-bond donors (Lipinski definition) is 1. The number of aromatic nitrogens is 2. The number of para-hydroxylation sites is 2. The molecule has 1 aromatic heterocycles. The molecule has 1 heterocycles. The van der Waals surface area contributed by atoms with Crippen LogP contribution < -0.4 is 4.90 Å². The SMILES string of the molecule is CCCCN(CCO)c1nc2ccccc2n1C. The average molecular weight is 247 g/mol. The second kappa shape index (κ2) is 5.87. The first kappa shape index (κ1) is 12.9. The topological polar surface area (TPSA) is 41.3 Å². The van der Waals surface area contributed by atoms with Crippen LogP contribution in [0, 0.1) is 0 Å². The van der Waals surface area contributed by atoms with Crippen LogP contribution in [0.4, 0.5) is 5.95 Å². The van der Waals surface area contributed by atoms with Crippen LogP contribution in [0.1, 0.15) is 19.8 Å². The summed E-state index contributed by atoms with van der Waals surface area (Å²) in [5.41, 5.74) is 2.14. The van der Waals surface area contributed by atoms with Gasteiger partial charge in [0, 0.05) is 20.1 Å². The van der Waals surface area contributed by atoms with Gasteiger partial charge in [0.1, 0.15) is 0 Å². The zero-order valence-corrected chi connectivity index (χ0v) is 11.1. The van der Waals surface area contributed by atoms with Crippen molar-refractivity contribution in [3.05, 3.63) is 24.3 Å². The molecule has 0 aliphatic heterocycles. The lowest BCUT2D eigenvalue weighted by Crippen LogP contribution is -2.30. The van der Waals surface area contributed by atoms with Gasteiger partial charge in [-0.05, 0) is 18.6 Å². The third-order valence-electron chi connectivity index (χ3n) is 3.20. The zero-order chi connectivity index (χ0) is 13.0. The van der Waals surface area contributed by atoms with Gasteiger partial charge in [0.25, 0.3) is 0 Å². The van der Waals surface area contributed by atoms with Crippen LogP contribution in [0.5, 0.6) is 0 Å².